The van der Waals surface area contributed by atoms with E-state index in [-0.39, 0.29) is 40.6 Å². The van der Waals surface area contributed by atoms with Gasteiger partial charge in [-0.15, -0.1) is 0 Å². The fourth-order valence-corrected chi connectivity index (χ4v) is 1.80. The van der Waals surface area contributed by atoms with Crippen LogP contribution in [0.15, 0.2) is 36.4 Å². The number of hydrogen-bond donors (Lipinski definition) is 2. The first-order valence-corrected chi connectivity index (χ1v) is 5.78. The van der Waals surface area contributed by atoms with E-state index in [0.717, 1.165) is 0 Å². The molecule has 0 bridgehead atoms. The summed E-state index contributed by atoms with van der Waals surface area (Å²) in [5.74, 6) is -0.922. The lowest BCUT2D eigenvalue weighted by atomic mass is 10.00. The van der Waals surface area contributed by atoms with Gasteiger partial charge in [-0.25, -0.2) is 4.39 Å². The molecule has 0 aromatic heterocycles. The van der Waals surface area contributed by atoms with Gasteiger partial charge in [0.15, 0.2) is 5.78 Å². The maximum Gasteiger partial charge on any atom is 0.170 e. The maximum absolute atomic E-state index is 12.8. The van der Waals surface area contributed by atoms with E-state index < -0.39 is 0 Å². The molecule has 98 valence electrons. The number of phenolic OH excluding ortho intramolecular Hbond substituents is 2. The Morgan fingerprint density at radius 1 is 1.11 bits per heavy atom. The molecule has 2 rings (SSSR count). The Morgan fingerprint density at radius 3 is 2.37 bits per heavy atom. The number of ketones is 1. The molecule has 0 atom stereocenters. The lowest BCUT2D eigenvalue weighted by molar-refractivity contribution is 0.0990. The van der Waals surface area contributed by atoms with Crippen LogP contribution in [0.25, 0.3) is 0 Å². The second-order valence-corrected chi connectivity index (χ2v) is 4.33. The Kier molecular flexibility index (Phi) is 3.51. The van der Waals surface area contributed by atoms with E-state index >= 15 is 0 Å². The zero-order valence-corrected chi connectivity index (χ0v) is 10.4. The van der Waals surface area contributed by atoms with Crippen molar-refractivity contribution in [2.24, 2.45) is 0 Å². The van der Waals surface area contributed by atoms with Crippen LogP contribution in [0.5, 0.6) is 11.5 Å². The Morgan fingerprint density at radius 2 is 1.74 bits per heavy atom. The fraction of sp³-hybridized carbons (Fsp3) is 0.133. The largest absolute Gasteiger partial charge is 0.508 e. The monoisotopic (exact) mass is 260 g/mol. The van der Waals surface area contributed by atoms with E-state index in [1.54, 1.807) is 0 Å². The van der Waals surface area contributed by atoms with E-state index in [9.17, 15) is 19.4 Å². The topological polar surface area (TPSA) is 57.5 Å². The Labute approximate surface area is 109 Å². The first-order valence-electron chi connectivity index (χ1n) is 5.78. The average molecular weight is 260 g/mol. The number of halogens is 1. The van der Waals surface area contributed by atoms with Gasteiger partial charge >= 0.3 is 0 Å². The molecule has 0 unspecified atom stereocenters. The second-order valence-electron chi connectivity index (χ2n) is 4.33. The van der Waals surface area contributed by atoms with Crippen molar-refractivity contribution in [3.05, 3.63) is 58.9 Å². The quantitative estimate of drug-likeness (QED) is 0.834. The number of phenols is 2. The normalized spacial score (nSPS) is 10.4. The highest BCUT2D eigenvalue weighted by Gasteiger charge is 2.15. The SMILES string of the molecule is Cc1c(O)ccc(C(=O)Cc2ccc(F)cc2)c1O. The van der Waals surface area contributed by atoms with Crippen molar-refractivity contribution >= 4 is 5.78 Å². The van der Waals surface area contributed by atoms with Gasteiger partial charge in [0, 0.05) is 12.0 Å². The number of carbonyl (C=O) groups is 1. The van der Waals surface area contributed by atoms with Gasteiger partial charge in [-0.1, -0.05) is 12.1 Å². The zero-order valence-electron chi connectivity index (χ0n) is 10.4. The van der Waals surface area contributed by atoms with Crippen LogP contribution >= 0.6 is 0 Å². The highest BCUT2D eigenvalue weighted by atomic mass is 19.1. The lowest BCUT2D eigenvalue weighted by Gasteiger charge is -2.08. The van der Waals surface area contributed by atoms with Crippen LogP contribution in [-0.4, -0.2) is 16.0 Å². The van der Waals surface area contributed by atoms with Crippen molar-refractivity contribution in [1.29, 1.82) is 0 Å². The first kappa shape index (κ1) is 13.1. The summed E-state index contributed by atoms with van der Waals surface area (Å²) in [7, 11) is 0. The van der Waals surface area contributed by atoms with Gasteiger partial charge in [0.25, 0.3) is 0 Å². The molecule has 2 aromatic rings. The van der Waals surface area contributed by atoms with Gasteiger partial charge in [-0.2, -0.15) is 0 Å². The first-order chi connectivity index (χ1) is 8.99. The highest BCUT2D eigenvalue weighted by Crippen LogP contribution is 2.30. The molecule has 0 amide bonds. The van der Waals surface area contributed by atoms with E-state index in [1.807, 2.05) is 0 Å². The number of rotatable bonds is 3. The molecule has 3 nitrogen and oxygen atoms in total. The summed E-state index contributed by atoms with van der Waals surface area (Å²) in [5.41, 5.74) is 1.08. The van der Waals surface area contributed by atoms with Crippen LogP contribution in [-0.2, 0) is 6.42 Å². The van der Waals surface area contributed by atoms with Crippen LogP contribution in [0.1, 0.15) is 21.5 Å². The molecular weight excluding hydrogens is 247 g/mol. The Hall–Kier alpha value is -2.36. The van der Waals surface area contributed by atoms with Crippen molar-refractivity contribution in [3.63, 3.8) is 0 Å². The number of benzene rings is 2. The summed E-state index contributed by atoms with van der Waals surface area (Å²) < 4.78 is 12.8. The molecule has 2 N–H and O–H groups in total. The summed E-state index contributed by atoms with van der Waals surface area (Å²) in [5, 5.41) is 19.2. The van der Waals surface area contributed by atoms with Crippen LogP contribution in [0.3, 0.4) is 0 Å². The number of aromatic hydroxyl groups is 2. The predicted octanol–water partition coefficient (Wildman–Crippen LogP) is 2.97. The number of carbonyl (C=O) groups excluding carboxylic acids is 1. The second kappa shape index (κ2) is 5.10. The molecule has 0 fully saturated rings. The molecule has 0 aliphatic carbocycles. The lowest BCUT2D eigenvalue weighted by Crippen LogP contribution is -2.04. The number of hydrogen-bond acceptors (Lipinski definition) is 3. The van der Waals surface area contributed by atoms with Crippen LogP contribution < -0.4 is 0 Å². The highest BCUT2D eigenvalue weighted by molar-refractivity contribution is 6.00. The molecule has 0 saturated heterocycles. The van der Waals surface area contributed by atoms with Crippen molar-refractivity contribution in [2.75, 3.05) is 0 Å². The summed E-state index contributed by atoms with van der Waals surface area (Å²) in [6.45, 7) is 1.53. The molecule has 4 heteroatoms. The molecule has 0 radical (unpaired) electrons. The van der Waals surface area contributed by atoms with Crippen molar-refractivity contribution in [1.82, 2.24) is 0 Å². The van der Waals surface area contributed by atoms with Gasteiger partial charge in [0.05, 0.1) is 5.56 Å². The molecule has 0 aliphatic rings. The minimum absolute atomic E-state index is 0.0594. The van der Waals surface area contributed by atoms with Crippen LogP contribution in [0.2, 0.25) is 0 Å². The minimum atomic E-state index is -0.362. The van der Waals surface area contributed by atoms with Crippen molar-refractivity contribution in [2.45, 2.75) is 13.3 Å². The molecular formula is C15H13FO3. The molecule has 0 aliphatic heterocycles. The Balaban J connectivity index is 2.25. The van der Waals surface area contributed by atoms with Gasteiger partial charge in [0.2, 0.25) is 0 Å². The summed E-state index contributed by atoms with van der Waals surface area (Å²) >= 11 is 0. The Bertz CT molecular complexity index is 618. The van der Waals surface area contributed by atoms with Crippen molar-refractivity contribution < 1.29 is 19.4 Å². The third kappa shape index (κ3) is 2.73. The molecule has 2 aromatic carbocycles. The van der Waals surface area contributed by atoms with Gasteiger partial charge in [-0.3, -0.25) is 4.79 Å². The third-order valence-electron chi connectivity index (χ3n) is 2.98. The predicted molar refractivity (Wildman–Crippen MR) is 68.9 cm³/mol. The molecule has 0 saturated carbocycles. The summed E-state index contributed by atoms with van der Waals surface area (Å²) in [6, 6.07) is 8.36. The average Bonchev–Trinajstić information content (AvgIpc) is 2.39. The summed E-state index contributed by atoms with van der Waals surface area (Å²) in [4.78, 5) is 12.0. The molecule has 0 spiro atoms. The minimum Gasteiger partial charge on any atom is -0.508 e. The number of Topliss-reactive ketones (excluding diaryl/α,β-unsaturated/α-hetero) is 1. The molecule has 0 heterocycles. The fourth-order valence-electron chi connectivity index (χ4n) is 1.80. The van der Waals surface area contributed by atoms with Crippen molar-refractivity contribution in [3.8, 4) is 11.5 Å². The van der Waals surface area contributed by atoms with E-state index in [0.29, 0.717) is 5.56 Å². The standard InChI is InChI=1S/C15H13FO3/c1-9-13(17)7-6-12(15(9)19)14(18)8-10-2-4-11(16)5-3-10/h2-7,17,19H,8H2,1H3. The van der Waals surface area contributed by atoms with Gasteiger partial charge in [0.1, 0.15) is 17.3 Å². The van der Waals surface area contributed by atoms with E-state index in [2.05, 4.69) is 0 Å². The van der Waals surface area contributed by atoms with E-state index in [1.165, 1.54) is 43.3 Å². The third-order valence-corrected chi connectivity index (χ3v) is 2.98. The van der Waals surface area contributed by atoms with Crippen LogP contribution in [0, 0.1) is 12.7 Å². The van der Waals surface area contributed by atoms with Gasteiger partial charge in [-0.05, 0) is 36.8 Å². The zero-order chi connectivity index (χ0) is 14.0. The smallest absolute Gasteiger partial charge is 0.170 e. The molecule has 19 heavy (non-hydrogen) atoms. The van der Waals surface area contributed by atoms with Gasteiger partial charge < -0.3 is 10.2 Å². The van der Waals surface area contributed by atoms with Crippen LogP contribution in [0.4, 0.5) is 4.39 Å². The maximum atomic E-state index is 12.8. The summed E-state index contributed by atoms with van der Waals surface area (Å²) in [6.07, 6.45) is 0.0675. The van der Waals surface area contributed by atoms with E-state index in [4.69, 9.17) is 0 Å².